The first-order valence-electron chi connectivity index (χ1n) is 6.58. The van der Waals surface area contributed by atoms with Crippen LogP contribution in [0.1, 0.15) is 40.5 Å². The molecule has 5 heteroatoms. The van der Waals surface area contributed by atoms with Crippen molar-refractivity contribution in [1.82, 2.24) is 5.32 Å². The summed E-state index contributed by atoms with van der Waals surface area (Å²) in [7, 11) is 0. The Kier molecular flexibility index (Phi) is 17.3. The number of ether oxygens (including phenoxy) is 2. The van der Waals surface area contributed by atoms with Gasteiger partial charge in [0, 0.05) is 26.3 Å². The van der Waals surface area contributed by atoms with E-state index in [9.17, 15) is 9.59 Å². The fraction of sp³-hybridized carbons (Fsp3) is 0.846. The Balaban J connectivity index is 0. The fourth-order valence-electron chi connectivity index (χ4n) is 0.984. The Morgan fingerprint density at radius 3 is 2.06 bits per heavy atom. The summed E-state index contributed by atoms with van der Waals surface area (Å²) in [5, 5.41) is 2.62. The second kappa shape index (κ2) is 16.1. The fourth-order valence-corrected chi connectivity index (χ4v) is 0.984. The number of nitrogens with one attached hydrogen (secondary N) is 1. The number of rotatable bonds is 10. The van der Waals surface area contributed by atoms with Gasteiger partial charge in [-0.1, -0.05) is 20.8 Å². The molecular weight excluding hydrogens is 234 g/mol. The van der Waals surface area contributed by atoms with Crippen molar-refractivity contribution in [3.05, 3.63) is 0 Å². The Morgan fingerprint density at radius 2 is 1.56 bits per heavy atom. The number of hydrogen-bond donors (Lipinski definition) is 1. The van der Waals surface area contributed by atoms with Crippen molar-refractivity contribution in [2.24, 2.45) is 0 Å². The molecule has 0 aliphatic rings. The normalized spacial score (nSPS) is 9.33. The molecule has 1 N–H and O–H groups in total. The first-order chi connectivity index (χ1) is 8.66. The van der Waals surface area contributed by atoms with Crippen molar-refractivity contribution in [3.63, 3.8) is 0 Å². The van der Waals surface area contributed by atoms with E-state index in [1.807, 2.05) is 20.8 Å². The zero-order chi connectivity index (χ0) is 14.2. The summed E-state index contributed by atoms with van der Waals surface area (Å²) in [4.78, 5) is 21.4. The van der Waals surface area contributed by atoms with Crippen LogP contribution < -0.4 is 5.32 Å². The first-order valence-corrected chi connectivity index (χ1v) is 6.58. The predicted molar refractivity (Wildman–Crippen MR) is 71.6 cm³/mol. The van der Waals surface area contributed by atoms with Gasteiger partial charge in [0.05, 0.1) is 26.4 Å². The van der Waals surface area contributed by atoms with Crippen LogP contribution in [0.3, 0.4) is 0 Å². The summed E-state index contributed by atoms with van der Waals surface area (Å²) >= 11 is 0. The summed E-state index contributed by atoms with van der Waals surface area (Å²) in [6, 6.07) is 0. The molecule has 0 heterocycles. The minimum atomic E-state index is -0.0575. The molecule has 0 saturated heterocycles. The molecule has 0 saturated carbocycles. The van der Waals surface area contributed by atoms with Gasteiger partial charge in [-0.05, 0) is 0 Å². The average molecular weight is 261 g/mol. The minimum Gasteiger partial charge on any atom is -0.379 e. The maximum atomic E-state index is 10.9. The van der Waals surface area contributed by atoms with Crippen molar-refractivity contribution >= 4 is 11.7 Å². The van der Waals surface area contributed by atoms with Crippen LogP contribution in [0.5, 0.6) is 0 Å². The summed E-state index contributed by atoms with van der Waals surface area (Å²) in [5.41, 5.74) is 0. The van der Waals surface area contributed by atoms with Gasteiger partial charge in [0.2, 0.25) is 5.91 Å². The summed E-state index contributed by atoms with van der Waals surface area (Å²) in [5.74, 6) is 0.157. The van der Waals surface area contributed by atoms with Crippen molar-refractivity contribution in [1.29, 1.82) is 0 Å². The lowest BCUT2D eigenvalue weighted by Gasteiger charge is -2.05. The third kappa shape index (κ3) is 17.5. The van der Waals surface area contributed by atoms with E-state index in [1.54, 1.807) is 0 Å². The van der Waals surface area contributed by atoms with Gasteiger partial charge in [-0.15, -0.1) is 0 Å². The Labute approximate surface area is 110 Å². The Hall–Kier alpha value is -0.940. The van der Waals surface area contributed by atoms with Gasteiger partial charge in [0.25, 0.3) is 0 Å². The SMILES string of the molecule is CC.CCC(=O)CCOCCOCCNC(C)=O. The maximum absolute atomic E-state index is 10.9. The lowest BCUT2D eigenvalue weighted by molar-refractivity contribution is -0.120. The molecular formula is C13H27NO4. The molecule has 0 unspecified atom stereocenters. The van der Waals surface area contributed by atoms with E-state index in [0.29, 0.717) is 45.8 Å². The molecule has 0 bridgehead atoms. The molecule has 0 rings (SSSR count). The van der Waals surface area contributed by atoms with E-state index in [4.69, 9.17) is 9.47 Å². The van der Waals surface area contributed by atoms with Gasteiger partial charge < -0.3 is 14.8 Å². The van der Waals surface area contributed by atoms with Gasteiger partial charge in [0.1, 0.15) is 5.78 Å². The molecule has 0 aromatic carbocycles. The quantitative estimate of drug-likeness (QED) is 0.606. The third-order valence-electron chi connectivity index (χ3n) is 1.91. The van der Waals surface area contributed by atoms with Crippen molar-refractivity contribution in [2.45, 2.75) is 40.5 Å². The predicted octanol–water partition coefficient (Wildman–Crippen LogP) is 1.55. The molecule has 0 spiro atoms. The number of Topliss-reactive ketones (excluding diaryl/α,β-unsaturated/α-hetero) is 1. The zero-order valence-electron chi connectivity index (χ0n) is 12.1. The Bertz CT molecular complexity index is 207. The van der Waals surface area contributed by atoms with Gasteiger partial charge in [0.15, 0.2) is 0 Å². The smallest absolute Gasteiger partial charge is 0.216 e. The van der Waals surface area contributed by atoms with Crippen molar-refractivity contribution < 1.29 is 19.1 Å². The van der Waals surface area contributed by atoms with Gasteiger partial charge in [-0.2, -0.15) is 0 Å². The highest BCUT2D eigenvalue weighted by atomic mass is 16.5. The van der Waals surface area contributed by atoms with Gasteiger partial charge in [-0.25, -0.2) is 0 Å². The molecule has 0 aliphatic carbocycles. The second-order valence-electron chi connectivity index (χ2n) is 3.35. The molecule has 0 atom stereocenters. The van der Waals surface area contributed by atoms with Gasteiger partial charge in [-0.3, -0.25) is 9.59 Å². The standard InChI is InChI=1S/C11H21NO4.C2H6/c1-3-11(14)4-6-15-8-9-16-7-5-12-10(2)13;1-2/h3-9H2,1-2H3,(H,12,13);1-2H3. The highest BCUT2D eigenvalue weighted by Gasteiger charge is 1.97. The van der Waals surface area contributed by atoms with E-state index in [-0.39, 0.29) is 11.7 Å². The Morgan fingerprint density at radius 1 is 1.00 bits per heavy atom. The number of carbonyl (C=O) groups is 2. The summed E-state index contributed by atoms with van der Waals surface area (Å²) in [6.45, 7) is 9.74. The van der Waals surface area contributed by atoms with Crippen molar-refractivity contribution in [3.8, 4) is 0 Å². The van der Waals surface area contributed by atoms with E-state index in [2.05, 4.69) is 5.32 Å². The number of hydrogen-bond acceptors (Lipinski definition) is 4. The molecule has 0 aromatic rings. The van der Waals surface area contributed by atoms with Crippen LogP contribution in [-0.4, -0.2) is 44.7 Å². The number of amides is 1. The third-order valence-corrected chi connectivity index (χ3v) is 1.91. The summed E-state index contributed by atoms with van der Waals surface area (Å²) < 4.78 is 10.4. The molecule has 0 fully saturated rings. The van der Waals surface area contributed by atoms with E-state index in [1.165, 1.54) is 6.92 Å². The number of carbonyl (C=O) groups excluding carboxylic acids is 2. The van der Waals surface area contributed by atoms with E-state index >= 15 is 0 Å². The second-order valence-corrected chi connectivity index (χ2v) is 3.35. The van der Waals surface area contributed by atoms with E-state index < -0.39 is 0 Å². The molecule has 0 radical (unpaired) electrons. The van der Waals surface area contributed by atoms with Crippen LogP contribution in [0.15, 0.2) is 0 Å². The maximum Gasteiger partial charge on any atom is 0.216 e. The minimum absolute atomic E-state index is 0.0575. The van der Waals surface area contributed by atoms with E-state index in [0.717, 1.165) is 0 Å². The highest BCUT2D eigenvalue weighted by molar-refractivity contribution is 5.78. The van der Waals surface area contributed by atoms with Crippen LogP contribution in [0.4, 0.5) is 0 Å². The van der Waals surface area contributed by atoms with Crippen LogP contribution in [0, 0.1) is 0 Å². The molecule has 0 aliphatic heterocycles. The molecule has 1 amide bonds. The average Bonchev–Trinajstić information content (AvgIpc) is 2.38. The number of ketones is 1. The van der Waals surface area contributed by atoms with Crippen LogP contribution >= 0.6 is 0 Å². The largest absolute Gasteiger partial charge is 0.379 e. The topological polar surface area (TPSA) is 64.6 Å². The molecule has 18 heavy (non-hydrogen) atoms. The first kappa shape index (κ1) is 19.4. The summed E-state index contributed by atoms with van der Waals surface area (Å²) in [6.07, 6.45) is 1.04. The highest BCUT2D eigenvalue weighted by Crippen LogP contribution is 1.89. The van der Waals surface area contributed by atoms with Crippen molar-refractivity contribution in [2.75, 3.05) is 33.0 Å². The lowest BCUT2D eigenvalue weighted by Crippen LogP contribution is -2.25. The molecule has 5 nitrogen and oxygen atoms in total. The van der Waals surface area contributed by atoms with Crippen LogP contribution in [0.2, 0.25) is 0 Å². The van der Waals surface area contributed by atoms with Crippen LogP contribution in [-0.2, 0) is 19.1 Å². The molecule has 108 valence electrons. The lowest BCUT2D eigenvalue weighted by atomic mass is 10.2. The molecule has 0 aromatic heterocycles. The zero-order valence-corrected chi connectivity index (χ0v) is 12.1. The van der Waals surface area contributed by atoms with Crippen LogP contribution in [0.25, 0.3) is 0 Å². The monoisotopic (exact) mass is 261 g/mol. The van der Waals surface area contributed by atoms with Gasteiger partial charge >= 0.3 is 0 Å².